The van der Waals surface area contributed by atoms with E-state index in [1.807, 2.05) is 26.0 Å². The molecule has 1 unspecified atom stereocenters. The number of furan rings is 1. The van der Waals surface area contributed by atoms with Gasteiger partial charge in [0.25, 0.3) is 0 Å². The molecule has 1 heterocycles. The largest absolute Gasteiger partial charge is 0.453 e. The van der Waals surface area contributed by atoms with Crippen molar-refractivity contribution >= 4 is 15.9 Å². The molecule has 0 fully saturated rings. The maximum atomic E-state index is 5.82. The molecule has 3 nitrogen and oxygen atoms in total. The zero-order valence-corrected chi connectivity index (χ0v) is 9.37. The van der Waals surface area contributed by atoms with Gasteiger partial charge in [-0.1, -0.05) is 0 Å². The summed E-state index contributed by atoms with van der Waals surface area (Å²) in [6, 6.07) is 3.48. The van der Waals surface area contributed by atoms with Crippen LogP contribution in [0.3, 0.4) is 0 Å². The lowest BCUT2D eigenvalue weighted by Crippen LogP contribution is -2.18. The lowest BCUT2D eigenvalue weighted by atomic mass is 10.2. The first-order valence-electron chi connectivity index (χ1n) is 4.22. The molecule has 0 aromatic carbocycles. The van der Waals surface area contributed by atoms with Crippen molar-refractivity contribution in [1.29, 1.82) is 0 Å². The maximum absolute atomic E-state index is 5.82. The third-order valence-corrected chi connectivity index (χ3v) is 1.99. The SMILES string of the molecule is CC(C)OCC(N)c1ccc(Br)o1. The van der Waals surface area contributed by atoms with Gasteiger partial charge in [0.15, 0.2) is 4.67 Å². The summed E-state index contributed by atoms with van der Waals surface area (Å²) in [5.41, 5.74) is 5.82. The lowest BCUT2D eigenvalue weighted by molar-refractivity contribution is 0.0645. The van der Waals surface area contributed by atoms with Crippen molar-refractivity contribution < 1.29 is 9.15 Å². The van der Waals surface area contributed by atoms with Gasteiger partial charge in [-0.05, 0) is 41.9 Å². The molecular weight excluding hydrogens is 234 g/mol. The van der Waals surface area contributed by atoms with Crippen molar-refractivity contribution in [1.82, 2.24) is 0 Å². The minimum absolute atomic E-state index is 0.186. The van der Waals surface area contributed by atoms with Gasteiger partial charge in [-0.25, -0.2) is 0 Å². The van der Waals surface area contributed by atoms with Crippen LogP contribution in [0.15, 0.2) is 21.2 Å². The van der Waals surface area contributed by atoms with Crippen LogP contribution in [0.4, 0.5) is 0 Å². The fraction of sp³-hybridized carbons (Fsp3) is 0.556. The normalized spacial score (nSPS) is 13.6. The molecule has 0 radical (unpaired) electrons. The van der Waals surface area contributed by atoms with Crippen LogP contribution >= 0.6 is 15.9 Å². The Labute approximate surface area is 86.4 Å². The van der Waals surface area contributed by atoms with Crippen molar-refractivity contribution in [2.75, 3.05) is 6.61 Å². The van der Waals surface area contributed by atoms with Crippen molar-refractivity contribution in [3.63, 3.8) is 0 Å². The molecule has 0 aliphatic heterocycles. The van der Waals surface area contributed by atoms with Gasteiger partial charge in [0.1, 0.15) is 5.76 Å². The monoisotopic (exact) mass is 247 g/mol. The van der Waals surface area contributed by atoms with Gasteiger partial charge in [-0.15, -0.1) is 0 Å². The summed E-state index contributed by atoms with van der Waals surface area (Å²) < 4.78 is 11.4. The molecule has 1 aromatic rings. The number of halogens is 1. The average Bonchev–Trinajstić information content (AvgIpc) is 2.47. The molecule has 0 aliphatic rings. The summed E-state index contributed by atoms with van der Waals surface area (Å²) >= 11 is 3.22. The van der Waals surface area contributed by atoms with E-state index in [1.165, 1.54) is 0 Å². The number of hydrogen-bond donors (Lipinski definition) is 1. The first kappa shape index (κ1) is 10.8. The minimum atomic E-state index is -0.186. The topological polar surface area (TPSA) is 48.4 Å². The van der Waals surface area contributed by atoms with Crippen molar-refractivity contribution in [3.8, 4) is 0 Å². The van der Waals surface area contributed by atoms with Gasteiger partial charge in [-0.3, -0.25) is 0 Å². The molecule has 2 N–H and O–H groups in total. The molecule has 1 rings (SSSR count). The van der Waals surface area contributed by atoms with Gasteiger partial charge in [0.05, 0.1) is 18.8 Å². The quantitative estimate of drug-likeness (QED) is 0.890. The van der Waals surface area contributed by atoms with E-state index in [4.69, 9.17) is 14.9 Å². The summed E-state index contributed by atoms with van der Waals surface area (Å²) in [4.78, 5) is 0. The summed E-state index contributed by atoms with van der Waals surface area (Å²) in [5.74, 6) is 0.743. The van der Waals surface area contributed by atoms with Crippen molar-refractivity contribution in [2.45, 2.75) is 26.0 Å². The fourth-order valence-electron chi connectivity index (χ4n) is 0.906. The first-order chi connectivity index (χ1) is 6.09. The summed E-state index contributed by atoms with van der Waals surface area (Å²) in [7, 11) is 0. The zero-order chi connectivity index (χ0) is 9.84. The second-order valence-electron chi connectivity index (χ2n) is 3.13. The Morgan fingerprint density at radius 3 is 2.69 bits per heavy atom. The molecule has 1 atom stereocenters. The van der Waals surface area contributed by atoms with E-state index < -0.39 is 0 Å². The molecule has 74 valence electrons. The smallest absolute Gasteiger partial charge is 0.169 e. The van der Waals surface area contributed by atoms with Crippen molar-refractivity contribution in [2.24, 2.45) is 5.73 Å². The van der Waals surface area contributed by atoms with Gasteiger partial charge in [0, 0.05) is 0 Å². The highest BCUT2D eigenvalue weighted by molar-refractivity contribution is 9.10. The van der Waals surface area contributed by atoms with E-state index in [2.05, 4.69) is 15.9 Å². The third kappa shape index (κ3) is 3.50. The van der Waals surface area contributed by atoms with E-state index in [0.29, 0.717) is 11.3 Å². The average molecular weight is 248 g/mol. The molecule has 13 heavy (non-hydrogen) atoms. The Kier molecular flexibility index (Phi) is 3.96. The zero-order valence-electron chi connectivity index (χ0n) is 7.79. The van der Waals surface area contributed by atoms with E-state index >= 15 is 0 Å². The predicted molar refractivity (Wildman–Crippen MR) is 54.4 cm³/mol. The van der Waals surface area contributed by atoms with Crippen LogP contribution in [-0.4, -0.2) is 12.7 Å². The fourth-order valence-corrected chi connectivity index (χ4v) is 1.22. The van der Waals surface area contributed by atoms with Gasteiger partial charge in [-0.2, -0.15) is 0 Å². The first-order valence-corrected chi connectivity index (χ1v) is 5.01. The third-order valence-electron chi connectivity index (χ3n) is 1.57. The molecule has 4 heteroatoms. The minimum Gasteiger partial charge on any atom is -0.453 e. The van der Waals surface area contributed by atoms with Crippen LogP contribution < -0.4 is 5.73 Å². The van der Waals surface area contributed by atoms with Gasteiger partial charge < -0.3 is 14.9 Å². The van der Waals surface area contributed by atoms with Crippen LogP contribution in [0, 0.1) is 0 Å². The van der Waals surface area contributed by atoms with Crippen LogP contribution in [0.1, 0.15) is 25.6 Å². The van der Waals surface area contributed by atoms with E-state index in [-0.39, 0.29) is 12.1 Å². The highest BCUT2D eigenvalue weighted by Gasteiger charge is 2.10. The van der Waals surface area contributed by atoms with Crippen LogP contribution in [0.5, 0.6) is 0 Å². The number of ether oxygens (including phenoxy) is 1. The standard InChI is InChI=1S/C9H14BrNO2/c1-6(2)12-5-7(11)8-3-4-9(10)13-8/h3-4,6-7H,5,11H2,1-2H3. The number of nitrogens with two attached hydrogens (primary N) is 1. The molecule has 0 saturated heterocycles. The van der Waals surface area contributed by atoms with E-state index in [1.54, 1.807) is 0 Å². The molecular formula is C9H14BrNO2. The molecule has 0 amide bonds. The summed E-state index contributed by atoms with van der Waals surface area (Å²) in [6.07, 6.45) is 0.199. The van der Waals surface area contributed by atoms with Gasteiger partial charge >= 0.3 is 0 Å². The second kappa shape index (κ2) is 4.79. The highest BCUT2D eigenvalue weighted by Crippen LogP contribution is 2.19. The molecule has 1 aromatic heterocycles. The summed E-state index contributed by atoms with van der Waals surface area (Å²) in [6.45, 7) is 4.44. The highest BCUT2D eigenvalue weighted by atomic mass is 79.9. The molecule has 0 spiro atoms. The Balaban J connectivity index is 2.44. The molecule has 0 saturated carbocycles. The summed E-state index contributed by atoms with van der Waals surface area (Å²) in [5, 5.41) is 0. The second-order valence-corrected chi connectivity index (χ2v) is 3.91. The molecule has 0 aliphatic carbocycles. The number of hydrogen-bond acceptors (Lipinski definition) is 3. The lowest BCUT2D eigenvalue weighted by Gasteiger charge is -2.11. The predicted octanol–water partition coefficient (Wildman–Crippen LogP) is 2.47. The van der Waals surface area contributed by atoms with E-state index in [9.17, 15) is 0 Å². The Hall–Kier alpha value is -0.320. The number of rotatable bonds is 4. The van der Waals surface area contributed by atoms with Crippen LogP contribution in [0.2, 0.25) is 0 Å². The Morgan fingerprint density at radius 1 is 1.54 bits per heavy atom. The van der Waals surface area contributed by atoms with Crippen LogP contribution in [0.25, 0.3) is 0 Å². The van der Waals surface area contributed by atoms with Crippen molar-refractivity contribution in [3.05, 3.63) is 22.6 Å². The van der Waals surface area contributed by atoms with Gasteiger partial charge in [0.2, 0.25) is 0 Å². The van der Waals surface area contributed by atoms with Crippen LogP contribution in [-0.2, 0) is 4.74 Å². The Bertz CT molecular complexity index is 260. The van der Waals surface area contributed by atoms with E-state index in [0.717, 1.165) is 5.76 Å². The molecule has 0 bridgehead atoms. The Morgan fingerprint density at radius 2 is 2.23 bits per heavy atom. The maximum Gasteiger partial charge on any atom is 0.169 e.